The van der Waals surface area contributed by atoms with Gasteiger partial charge < -0.3 is 14.9 Å². The number of hydrogen-bond acceptors (Lipinski definition) is 2. The van der Waals surface area contributed by atoms with Crippen molar-refractivity contribution in [3.63, 3.8) is 0 Å². The fraction of sp³-hybridized carbons (Fsp3) is 0.333. The van der Waals surface area contributed by atoms with Gasteiger partial charge in [-0.05, 0) is 30.8 Å². The van der Waals surface area contributed by atoms with Gasteiger partial charge in [-0.2, -0.15) is 0 Å². The van der Waals surface area contributed by atoms with Gasteiger partial charge in [-0.25, -0.2) is 0 Å². The van der Waals surface area contributed by atoms with E-state index < -0.39 is 0 Å². The molecule has 1 heterocycles. The van der Waals surface area contributed by atoms with Crippen molar-refractivity contribution in [2.24, 2.45) is 0 Å². The van der Waals surface area contributed by atoms with Gasteiger partial charge in [0.1, 0.15) is 0 Å². The van der Waals surface area contributed by atoms with Gasteiger partial charge in [0.05, 0.1) is 11.0 Å². The van der Waals surface area contributed by atoms with Crippen molar-refractivity contribution in [1.82, 2.24) is 14.9 Å². The van der Waals surface area contributed by atoms with Crippen LogP contribution >= 0.6 is 12.2 Å². The number of nitrogens with zero attached hydrogens (tertiary/aromatic N) is 1. The number of rotatable bonds is 3. The highest BCUT2D eigenvalue weighted by atomic mass is 32.1. The van der Waals surface area contributed by atoms with Gasteiger partial charge in [0.25, 0.3) is 0 Å². The number of aromatic amines is 1. The molecule has 1 aromatic heterocycles. The maximum Gasteiger partial charge on any atom is 0.221 e. The molecule has 0 saturated heterocycles. The maximum absolute atomic E-state index is 11.3. The Labute approximate surface area is 105 Å². The molecule has 1 amide bonds. The third-order valence-corrected chi connectivity index (χ3v) is 3.18. The molecule has 90 valence electrons. The van der Waals surface area contributed by atoms with Crippen LogP contribution in [-0.2, 0) is 11.3 Å². The molecule has 2 aromatic rings. The molecule has 0 spiro atoms. The number of fused-ring (bicyclic) bond motifs is 1. The van der Waals surface area contributed by atoms with E-state index in [1.54, 1.807) is 7.05 Å². The van der Waals surface area contributed by atoms with E-state index in [1.165, 1.54) is 0 Å². The van der Waals surface area contributed by atoms with Gasteiger partial charge in [0, 0.05) is 20.0 Å². The lowest BCUT2D eigenvalue weighted by Gasteiger charge is -2.04. The molecule has 0 fully saturated rings. The summed E-state index contributed by atoms with van der Waals surface area (Å²) in [5.74, 6) is 0.0221. The van der Waals surface area contributed by atoms with Crippen molar-refractivity contribution in [3.8, 4) is 0 Å². The van der Waals surface area contributed by atoms with Crippen molar-refractivity contribution in [3.05, 3.63) is 28.5 Å². The van der Waals surface area contributed by atoms with Crippen molar-refractivity contribution in [2.45, 2.75) is 19.9 Å². The summed E-state index contributed by atoms with van der Waals surface area (Å²) in [6.07, 6.45) is 0.436. The fourth-order valence-corrected chi connectivity index (χ4v) is 2.18. The molecule has 4 nitrogen and oxygen atoms in total. The number of amides is 1. The van der Waals surface area contributed by atoms with Crippen LogP contribution in [0.15, 0.2) is 18.2 Å². The number of nitrogens with one attached hydrogen (secondary N) is 2. The van der Waals surface area contributed by atoms with Crippen LogP contribution in [0.5, 0.6) is 0 Å². The summed E-state index contributed by atoms with van der Waals surface area (Å²) in [5.41, 5.74) is 3.26. The highest BCUT2D eigenvalue weighted by Crippen LogP contribution is 2.17. The topological polar surface area (TPSA) is 49.8 Å². The first kappa shape index (κ1) is 11.9. The molecule has 2 N–H and O–H groups in total. The molecule has 0 bridgehead atoms. The normalized spacial score (nSPS) is 10.7. The number of H-pyrrole nitrogens is 1. The van der Waals surface area contributed by atoms with Crippen molar-refractivity contribution in [1.29, 1.82) is 0 Å². The van der Waals surface area contributed by atoms with E-state index in [0.29, 0.717) is 17.7 Å². The highest BCUT2D eigenvalue weighted by molar-refractivity contribution is 7.71. The standard InChI is InChI=1S/C12H15N3OS/c1-8-4-3-5-9-11(8)14-12(17)15(9)7-6-10(16)13-2/h3-5H,6-7H2,1-2H3,(H,13,16)(H,14,17). The van der Waals surface area contributed by atoms with E-state index in [2.05, 4.69) is 10.3 Å². The minimum Gasteiger partial charge on any atom is -0.359 e. The van der Waals surface area contributed by atoms with E-state index in [9.17, 15) is 4.79 Å². The summed E-state index contributed by atoms with van der Waals surface area (Å²) in [7, 11) is 1.64. The molecular weight excluding hydrogens is 234 g/mol. The zero-order chi connectivity index (χ0) is 12.4. The van der Waals surface area contributed by atoms with E-state index in [1.807, 2.05) is 29.7 Å². The number of carbonyl (C=O) groups is 1. The Bertz CT molecular complexity index is 612. The maximum atomic E-state index is 11.3. The second kappa shape index (κ2) is 4.71. The number of aryl methyl sites for hydroxylation is 2. The van der Waals surface area contributed by atoms with Gasteiger partial charge in [0.2, 0.25) is 5.91 Å². The van der Waals surface area contributed by atoms with E-state index in [0.717, 1.165) is 16.6 Å². The third-order valence-electron chi connectivity index (χ3n) is 2.86. The molecule has 2 rings (SSSR count). The second-order valence-electron chi connectivity index (χ2n) is 3.97. The first-order valence-electron chi connectivity index (χ1n) is 5.52. The largest absolute Gasteiger partial charge is 0.359 e. The molecule has 5 heteroatoms. The van der Waals surface area contributed by atoms with E-state index >= 15 is 0 Å². The minimum atomic E-state index is 0.0221. The number of carbonyl (C=O) groups excluding carboxylic acids is 1. The molecule has 0 aliphatic heterocycles. The van der Waals surface area contributed by atoms with Crippen molar-refractivity contribution >= 4 is 29.2 Å². The predicted octanol–water partition coefficient (Wildman–Crippen LogP) is 2.14. The molecular formula is C12H15N3OS. The molecule has 1 aromatic carbocycles. The monoisotopic (exact) mass is 249 g/mol. The molecule has 0 radical (unpaired) electrons. The summed E-state index contributed by atoms with van der Waals surface area (Å²) in [6, 6.07) is 6.05. The summed E-state index contributed by atoms with van der Waals surface area (Å²) in [5, 5.41) is 2.61. The summed E-state index contributed by atoms with van der Waals surface area (Å²) in [6.45, 7) is 2.64. The first-order chi connectivity index (χ1) is 8.13. The smallest absolute Gasteiger partial charge is 0.221 e. The van der Waals surface area contributed by atoms with E-state index in [4.69, 9.17) is 12.2 Å². The summed E-state index contributed by atoms with van der Waals surface area (Å²) < 4.78 is 2.63. The second-order valence-corrected chi connectivity index (χ2v) is 4.36. The Balaban J connectivity index is 2.40. The van der Waals surface area contributed by atoms with E-state index in [-0.39, 0.29) is 5.91 Å². The van der Waals surface area contributed by atoms with Crippen LogP contribution in [0.25, 0.3) is 11.0 Å². The number of hydrogen-bond donors (Lipinski definition) is 2. The quantitative estimate of drug-likeness (QED) is 0.819. The molecule has 0 aliphatic rings. The van der Waals surface area contributed by atoms with Crippen LogP contribution in [-0.4, -0.2) is 22.5 Å². The number of aromatic nitrogens is 2. The summed E-state index contributed by atoms with van der Waals surface area (Å²) >= 11 is 5.28. The SMILES string of the molecule is CNC(=O)CCn1c(=S)[nH]c2c(C)cccc21. The number of para-hydroxylation sites is 1. The fourth-order valence-electron chi connectivity index (χ4n) is 1.88. The predicted molar refractivity (Wildman–Crippen MR) is 70.5 cm³/mol. The highest BCUT2D eigenvalue weighted by Gasteiger charge is 2.07. The van der Waals surface area contributed by atoms with Crippen LogP contribution in [0, 0.1) is 11.7 Å². The van der Waals surface area contributed by atoms with Gasteiger partial charge >= 0.3 is 0 Å². The Morgan fingerprint density at radius 1 is 1.53 bits per heavy atom. The number of benzene rings is 1. The van der Waals surface area contributed by atoms with Gasteiger partial charge in [0.15, 0.2) is 4.77 Å². The molecule has 0 saturated carbocycles. The van der Waals surface area contributed by atoms with Crippen LogP contribution in [0.2, 0.25) is 0 Å². The first-order valence-corrected chi connectivity index (χ1v) is 5.93. The molecule has 17 heavy (non-hydrogen) atoms. The Morgan fingerprint density at radius 3 is 3.00 bits per heavy atom. The van der Waals surface area contributed by atoms with Gasteiger partial charge in [-0.15, -0.1) is 0 Å². The average molecular weight is 249 g/mol. The van der Waals surface area contributed by atoms with Crippen LogP contribution < -0.4 is 5.32 Å². The van der Waals surface area contributed by atoms with Crippen molar-refractivity contribution in [2.75, 3.05) is 7.05 Å². The zero-order valence-electron chi connectivity index (χ0n) is 9.91. The van der Waals surface area contributed by atoms with Crippen LogP contribution in [0.4, 0.5) is 0 Å². The third kappa shape index (κ3) is 2.24. The van der Waals surface area contributed by atoms with Gasteiger partial charge in [-0.3, -0.25) is 4.79 Å². The van der Waals surface area contributed by atoms with Crippen LogP contribution in [0.3, 0.4) is 0 Å². The van der Waals surface area contributed by atoms with Gasteiger partial charge in [-0.1, -0.05) is 12.1 Å². The molecule has 0 aliphatic carbocycles. The van der Waals surface area contributed by atoms with Crippen molar-refractivity contribution < 1.29 is 4.79 Å². The molecule has 0 unspecified atom stereocenters. The lowest BCUT2D eigenvalue weighted by Crippen LogP contribution is -2.19. The lowest BCUT2D eigenvalue weighted by atomic mass is 10.2. The van der Waals surface area contributed by atoms with Crippen LogP contribution in [0.1, 0.15) is 12.0 Å². The zero-order valence-corrected chi connectivity index (χ0v) is 10.7. The minimum absolute atomic E-state index is 0.0221. The lowest BCUT2D eigenvalue weighted by molar-refractivity contribution is -0.120. The average Bonchev–Trinajstić information content (AvgIpc) is 2.64. The molecule has 0 atom stereocenters. The Morgan fingerprint density at radius 2 is 2.29 bits per heavy atom. The summed E-state index contributed by atoms with van der Waals surface area (Å²) in [4.78, 5) is 14.4. The Hall–Kier alpha value is -1.62. The Kier molecular flexibility index (Phi) is 3.28. The number of imidazole rings is 1.